The van der Waals surface area contributed by atoms with Crippen LogP contribution in [0.15, 0.2) is 41.3 Å². The zero-order valence-corrected chi connectivity index (χ0v) is 8.51. The number of aromatic nitrogens is 1. The molecule has 0 saturated carbocycles. The second kappa shape index (κ2) is 4.48. The van der Waals surface area contributed by atoms with Gasteiger partial charge in [0.05, 0.1) is 18.1 Å². The van der Waals surface area contributed by atoms with Crippen molar-refractivity contribution in [3.05, 3.63) is 48.0 Å². The van der Waals surface area contributed by atoms with Gasteiger partial charge in [0.15, 0.2) is 0 Å². The highest BCUT2D eigenvalue weighted by atomic mass is 16.3. The monoisotopic (exact) mass is 217 g/mol. The molecule has 5 nitrogen and oxygen atoms in total. The number of rotatable bonds is 3. The van der Waals surface area contributed by atoms with Crippen molar-refractivity contribution in [1.29, 1.82) is 0 Å². The molecule has 0 fully saturated rings. The highest BCUT2D eigenvalue weighted by Crippen LogP contribution is 2.03. The molecule has 2 aromatic rings. The molecular formula is C11H11N3O2. The van der Waals surface area contributed by atoms with Crippen LogP contribution in [0.3, 0.4) is 0 Å². The van der Waals surface area contributed by atoms with E-state index in [1.807, 2.05) is 0 Å². The SMILES string of the molecule is Nc1ccc(C(=O)NCc2ccoc2)cn1. The number of carbonyl (C=O) groups is 1. The molecule has 0 unspecified atom stereocenters. The maximum absolute atomic E-state index is 11.6. The quantitative estimate of drug-likeness (QED) is 0.809. The summed E-state index contributed by atoms with van der Waals surface area (Å²) in [4.78, 5) is 15.5. The molecule has 0 aliphatic heterocycles. The summed E-state index contributed by atoms with van der Waals surface area (Å²) in [6, 6.07) is 5.02. The standard InChI is InChI=1S/C11H11N3O2/c12-10-2-1-9(6-13-10)11(15)14-5-8-3-4-16-7-8/h1-4,6-7H,5H2,(H2,12,13)(H,14,15). The molecule has 0 aliphatic carbocycles. The first-order valence-corrected chi connectivity index (χ1v) is 4.76. The minimum atomic E-state index is -0.186. The summed E-state index contributed by atoms with van der Waals surface area (Å²) >= 11 is 0. The molecule has 0 aliphatic rings. The Morgan fingerprint density at radius 2 is 2.31 bits per heavy atom. The minimum Gasteiger partial charge on any atom is -0.472 e. The molecular weight excluding hydrogens is 206 g/mol. The first-order chi connectivity index (χ1) is 7.75. The minimum absolute atomic E-state index is 0.186. The van der Waals surface area contributed by atoms with Gasteiger partial charge in [-0.1, -0.05) is 0 Å². The van der Waals surface area contributed by atoms with Crippen LogP contribution in [-0.4, -0.2) is 10.9 Å². The van der Waals surface area contributed by atoms with Gasteiger partial charge in [-0.05, 0) is 18.2 Å². The second-order valence-corrected chi connectivity index (χ2v) is 3.29. The zero-order chi connectivity index (χ0) is 11.4. The molecule has 0 spiro atoms. The van der Waals surface area contributed by atoms with Crippen LogP contribution in [0.2, 0.25) is 0 Å². The lowest BCUT2D eigenvalue weighted by Gasteiger charge is -2.03. The molecule has 2 heterocycles. The Hall–Kier alpha value is -2.30. The van der Waals surface area contributed by atoms with Crippen LogP contribution in [0.5, 0.6) is 0 Å². The average molecular weight is 217 g/mol. The van der Waals surface area contributed by atoms with Crippen LogP contribution in [0.25, 0.3) is 0 Å². The van der Waals surface area contributed by atoms with Crippen molar-refractivity contribution >= 4 is 11.7 Å². The van der Waals surface area contributed by atoms with E-state index in [1.54, 1.807) is 30.7 Å². The van der Waals surface area contributed by atoms with Crippen molar-refractivity contribution in [2.24, 2.45) is 0 Å². The molecule has 0 bridgehead atoms. The van der Waals surface area contributed by atoms with Crippen molar-refractivity contribution in [1.82, 2.24) is 10.3 Å². The van der Waals surface area contributed by atoms with Crippen LogP contribution in [-0.2, 0) is 6.54 Å². The Labute approximate surface area is 92.3 Å². The third-order valence-electron chi connectivity index (χ3n) is 2.08. The summed E-state index contributed by atoms with van der Waals surface area (Å²) in [5.74, 6) is 0.208. The van der Waals surface area contributed by atoms with Crippen molar-refractivity contribution in [3.8, 4) is 0 Å². The smallest absolute Gasteiger partial charge is 0.253 e. The lowest BCUT2D eigenvalue weighted by atomic mass is 10.2. The van der Waals surface area contributed by atoms with Gasteiger partial charge in [0.25, 0.3) is 5.91 Å². The van der Waals surface area contributed by atoms with Crippen molar-refractivity contribution in [2.45, 2.75) is 6.54 Å². The number of hydrogen-bond acceptors (Lipinski definition) is 4. The van der Waals surface area contributed by atoms with E-state index >= 15 is 0 Å². The summed E-state index contributed by atoms with van der Waals surface area (Å²) in [6.07, 6.45) is 4.59. The largest absolute Gasteiger partial charge is 0.472 e. The lowest BCUT2D eigenvalue weighted by molar-refractivity contribution is 0.0950. The van der Waals surface area contributed by atoms with Crippen molar-refractivity contribution in [3.63, 3.8) is 0 Å². The van der Waals surface area contributed by atoms with E-state index in [-0.39, 0.29) is 5.91 Å². The van der Waals surface area contributed by atoms with Gasteiger partial charge in [0.1, 0.15) is 5.82 Å². The van der Waals surface area contributed by atoms with Gasteiger partial charge in [0.2, 0.25) is 0 Å². The molecule has 0 aromatic carbocycles. The van der Waals surface area contributed by atoms with Crippen LogP contribution in [0, 0.1) is 0 Å². The summed E-state index contributed by atoms with van der Waals surface area (Å²) in [5, 5.41) is 2.74. The number of nitrogens with zero attached hydrogens (tertiary/aromatic N) is 1. The van der Waals surface area contributed by atoms with Crippen LogP contribution < -0.4 is 11.1 Å². The fourth-order valence-corrected chi connectivity index (χ4v) is 1.22. The predicted octanol–water partition coefficient (Wildman–Crippen LogP) is 1.19. The van der Waals surface area contributed by atoms with Crippen LogP contribution in [0.1, 0.15) is 15.9 Å². The van der Waals surface area contributed by atoms with Crippen LogP contribution in [0.4, 0.5) is 5.82 Å². The van der Waals surface area contributed by atoms with Crippen molar-refractivity contribution < 1.29 is 9.21 Å². The van der Waals surface area contributed by atoms with Gasteiger partial charge in [-0.3, -0.25) is 4.79 Å². The van der Waals surface area contributed by atoms with Gasteiger partial charge in [-0.15, -0.1) is 0 Å². The molecule has 2 aromatic heterocycles. The number of hydrogen-bond donors (Lipinski definition) is 2. The molecule has 82 valence electrons. The molecule has 1 amide bonds. The summed E-state index contributed by atoms with van der Waals surface area (Å²) < 4.78 is 4.89. The summed E-state index contributed by atoms with van der Waals surface area (Å²) in [5.41, 5.74) is 6.82. The normalized spacial score (nSPS) is 10.0. The fourth-order valence-electron chi connectivity index (χ4n) is 1.22. The van der Waals surface area contributed by atoms with Gasteiger partial charge in [0, 0.05) is 18.3 Å². The Morgan fingerprint density at radius 1 is 1.44 bits per heavy atom. The third-order valence-corrected chi connectivity index (χ3v) is 2.08. The molecule has 3 N–H and O–H groups in total. The second-order valence-electron chi connectivity index (χ2n) is 3.29. The van der Waals surface area contributed by atoms with Gasteiger partial charge < -0.3 is 15.5 Å². The number of anilines is 1. The van der Waals surface area contributed by atoms with Gasteiger partial charge in [-0.25, -0.2) is 4.98 Å². The van der Waals surface area contributed by atoms with E-state index in [4.69, 9.17) is 10.2 Å². The highest BCUT2D eigenvalue weighted by Gasteiger charge is 2.05. The van der Waals surface area contributed by atoms with Crippen molar-refractivity contribution in [2.75, 3.05) is 5.73 Å². The fraction of sp³-hybridized carbons (Fsp3) is 0.0909. The summed E-state index contributed by atoms with van der Waals surface area (Å²) in [7, 11) is 0. The number of furan rings is 1. The number of amides is 1. The number of nitrogens with one attached hydrogen (secondary N) is 1. The number of nitrogen functional groups attached to an aromatic ring is 1. The zero-order valence-electron chi connectivity index (χ0n) is 8.51. The van der Waals surface area contributed by atoms with Gasteiger partial charge in [-0.2, -0.15) is 0 Å². The molecule has 2 rings (SSSR count). The first-order valence-electron chi connectivity index (χ1n) is 4.76. The third kappa shape index (κ3) is 2.38. The van der Waals surface area contributed by atoms with E-state index in [1.165, 1.54) is 6.20 Å². The molecule has 0 atom stereocenters. The lowest BCUT2D eigenvalue weighted by Crippen LogP contribution is -2.22. The Morgan fingerprint density at radius 3 is 2.94 bits per heavy atom. The average Bonchev–Trinajstić information content (AvgIpc) is 2.80. The number of pyridine rings is 1. The number of carbonyl (C=O) groups excluding carboxylic acids is 1. The highest BCUT2D eigenvalue weighted by molar-refractivity contribution is 5.93. The van der Waals surface area contributed by atoms with Crippen LogP contribution >= 0.6 is 0 Å². The summed E-state index contributed by atoms with van der Waals surface area (Å²) in [6.45, 7) is 0.430. The molecule has 0 radical (unpaired) electrons. The van der Waals surface area contributed by atoms with E-state index in [0.29, 0.717) is 17.9 Å². The first kappa shape index (κ1) is 10.2. The number of nitrogens with two attached hydrogens (primary N) is 1. The molecule has 16 heavy (non-hydrogen) atoms. The van der Waals surface area contributed by atoms with E-state index in [0.717, 1.165) is 5.56 Å². The van der Waals surface area contributed by atoms with E-state index < -0.39 is 0 Å². The molecule has 0 saturated heterocycles. The predicted molar refractivity (Wildman–Crippen MR) is 58.5 cm³/mol. The van der Waals surface area contributed by atoms with E-state index in [2.05, 4.69) is 10.3 Å². The molecule has 5 heteroatoms. The van der Waals surface area contributed by atoms with Gasteiger partial charge >= 0.3 is 0 Å². The maximum atomic E-state index is 11.6. The Bertz CT molecular complexity index is 462. The van der Waals surface area contributed by atoms with E-state index in [9.17, 15) is 4.79 Å². The maximum Gasteiger partial charge on any atom is 0.253 e. The Balaban J connectivity index is 1.95. The topological polar surface area (TPSA) is 81.2 Å². The Kier molecular flexibility index (Phi) is 2.86.